The first kappa shape index (κ1) is 16.6. The second-order valence-corrected chi connectivity index (χ2v) is 7.27. The Kier molecular flexibility index (Phi) is 4.91. The van der Waals surface area contributed by atoms with E-state index in [1.54, 1.807) is 0 Å². The number of rotatable bonds is 5. The third-order valence-electron chi connectivity index (χ3n) is 4.23. The van der Waals surface area contributed by atoms with Crippen molar-refractivity contribution in [1.29, 1.82) is 0 Å². The lowest BCUT2D eigenvalue weighted by molar-refractivity contribution is 0.303. The van der Waals surface area contributed by atoms with Gasteiger partial charge in [0.25, 0.3) is 0 Å². The summed E-state index contributed by atoms with van der Waals surface area (Å²) in [7, 11) is 0. The second kappa shape index (κ2) is 7.10. The average Bonchev–Trinajstić information content (AvgIpc) is 3.04. The van der Waals surface area contributed by atoms with Crippen molar-refractivity contribution in [3.8, 4) is 5.75 Å². The smallest absolute Gasteiger partial charge is 0.123 e. The van der Waals surface area contributed by atoms with Crippen LogP contribution in [0.15, 0.2) is 65.9 Å². The van der Waals surface area contributed by atoms with E-state index in [1.807, 2.05) is 24.3 Å². The van der Waals surface area contributed by atoms with Crippen LogP contribution in [0.1, 0.15) is 31.9 Å². The first-order valence-electron chi connectivity index (χ1n) is 8.50. The summed E-state index contributed by atoms with van der Waals surface area (Å²) in [5.41, 5.74) is 11.8. The molecule has 24 heavy (non-hydrogen) atoms. The van der Waals surface area contributed by atoms with Crippen LogP contribution >= 0.6 is 0 Å². The fourth-order valence-corrected chi connectivity index (χ4v) is 3.04. The minimum atomic E-state index is 0.110. The lowest BCUT2D eigenvalue weighted by atomic mass is 9.87. The minimum Gasteiger partial charge on any atom is -0.489 e. The highest BCUT2D eigenvalue weighted by molar-refractivity contribution is 5.39. The Hall–Kier alpha value is -2.26. The van der Waals surface area contributed by atoms with E-state index in [4.69, 9.17) is 4.74 Å². The number of ether oxygens (including phenoxy) is 1. The quantitative estimate of drug-likeness (QED) is 0.865. The van der Waals surface area contributed by atoms with Crippen LogP contribution in [-0.4, -0.2) is 6.54 Å². The molecule has 2 N–H and O–H groups in total. The molecule has 3 heteroatoms. The van der Waals surface area contributed by atoms with Crippen molar-refractivity contribution in [1.82, 2.24) is 10.9 Å². The van der Waals surface area contributed by atoms with Gasteiger partial charge in [-0.05, 0) is 22.8 Å². The first-order chi connectivity index (χ1) is 11.5. The normalized spacial score (nSPS) is 14.6. The van der Waals surface area contributed by atoms with E-state index in [9.17, 15) is 0 Å². The van der Waals surface area contributed by atoms with E-state index < -0.39 is 0 Å². The average molecular weight is 322 g/mol. The SMILES string of the molecule is CC(C)(C)C1=C(Cc2ccccc2OCc2ccccc2)CNN1. The van der Waals surface area contributed by atoms with Crippen LogP contribution < -0.4 is 15.6 Å². The Bertz CT molecular complexity index is 714. The molecular weight excluding hydrogens is 296 g/mol. The summed E-state index contributed by atoms with van der Waals surface area (Å²) in [6.07, 6.45) is 0.900. The fourth-order valence-electron chi connectivity index (χ4n) is 3.04. The predicted octanol–water partition coefficient (Wildman–Crippen LogP) is 4.22. The van der Waals surface area contributed by atoms with Crippen LogP contribution in [0.3, 0.4) is 0 Å². The highest BCUT2D eigenvalue weighted by atomic mass is 16.5. The zero-order chi connectivity index (χ0) is 17.0. The van der Waals surface area contributed by atoms with Gasteiger partial charge in [-0.15, -0.1) is 0 Å². The first-order valence-corrected chi connectivity index (χ1v) is 8.50. The fraction of sp³-hybridized carbons (Fsp3) is 0.333. The van der Waals surface area contributed by atoms with Crippen molar-refractivity contribution in [2.45, 2.75) is 33.8 Å². The number of hydrogen-bond acceptors (Lipinski definition) is 3. The standard InChI is InChI=1S/C21H26N2O/c1-21(2,3)20-18(14-22-23-20)13-17-11-7-8-12-19(17)24-15-16-9-5-4-6-10-16/h4-12,22-23H,13-15H2,1-3H3. The molecule has 1 heterocycles. The number of allylic oxidation sites excluding steroid dienone is 1. The van der Waals surface area contributed by atoms with E-state index in [0.717, 1.165) is 18.7 Å². The van der Waals surface area contributed by atoms with Crippen molar-refractivity contribution in [3.05, 3.63) is 77.0 Å². The van der Waals surface area contributed by atoms with Gasteiger partial charge in [0.2, 0.25) is 0 Å². The third kappa shape index (κ3) is 3.98. The molecule has 0 saturated carbocycles. The molecule has 0 saturated heterocycles. The molecule has 2 aromatic carbocycles. The monoisotopic (exact) mass is 322 g/mol. The zero-order valence-electron chi connectivity index (χ0n) is 14.7. The van der Waals surface area contributed by atoms with E-state index in [2.05, 4.69) is 62.0 Å². The van der Waals surface area contributed by atoms with Crippen LogP contribution in [-0.2, 0) is 13.0 Å². The third-order valence-corrected chi connectivity index (χ3v) is 4.23. The van der Waals surface area contributed by atoms with Crippen molar-refractivity contribution in [2.75, 3.05) is 6.54 Å². The summed E-state index contributed by atoms with van der Waals surface area (Å²) < 4.78 is 6.09. The zero-order valence-corrected chi connectivity index (χ0v) is 14.7. The molecule has 0 aliphatic carbocycles. The van der Waals surface area contributed by atoms with E-state index >= 15 is 0 Å². The topological polar surface area (TPSA) is 33.3 Å². The Morgan fingerprint density at radius 2 is 1.67 bits per heavy atom. The van der Waals surface area contributed by atoms with Gasteiger partial charge in [-0.2, -0.15) is 0 Å². The summed E-state index contributed by atoms with van der Waals surface area (Å²) in [6, 6.07) is 18.6. The summed E-state index contributed by atoms with van der Waals surface area (Å²) in [4.78, 5) is 0. The lowest BCUT2D eigenvalue weighted by Gasteiger charge is -2.22. The highest BCUT2D eigenvalue weighted by Gasteiger charge is 2.25. The second-order valence-electron chi connectivity index (χ2n) is 7.27. The van der Waals surface area contributed by atoms with Gasteiger partial charge in [0.05, 0.1) is 0 Å². The molecule has 3 nitrogen and oxygen atoms in total. The molecule has 0 unspecified atom stereocenters. The molecule has 0 fully saturated rings. The molecule has 0 radical (unpaired) electrons. The van der Waals surface area contributed by atoms with Gasteiger partial charge in [0.15, 0.2) is 0 Å². The van der Waals surface area contributed by atoms with Gasteiger partial charge in [-0.1, -0.05) is 69.3 Å². The number of para-hydroxylation sites is 1. The van der Waals surface area contributed by atoms with Crippen molar-refractivity contribution < 1.29 is 4.74 Å². The predicted molar refractivity (Wildman–Crippen MR) is 98.5 cm³/mol. The Morgan fingerprint density at radius 1 is 0.958 bits per heavy atom. The molecule has 0 aromatic heterocycles. The molecule has 2 aromatic rings. The molecule has 0 spiro atoms. The maximum absolute atomic E-state index is 6.09. The Labute approximate surface area is 144 Å². The molecule has 1 aliphatic heterocycles. The summed E-state index contributed by atoms with van der Waals surface area (Å²) in [5, 5.41) is 0. The van der Waals surface area contributed by atoms with Crippen molar-refractivity contribution >= 4 is 0 Å². The molecule has 0 atom stereocenters. The lowest BCUT2D eigenvalue weighted by Crippen LogP contribution is -2.29. The van der Waals surface area contributed by atoms with E-state index in [1.165, 1.54) is 22.4 Å². The number of benzene rings is 2. The molecular formula is C21H26N2O. The van der Waals surface area contributed by atoms with Crippen LogP contribution in [0.4, 0.5) is 0 Å². The van der Waals surface area contributed by atoms with Crippen LogP contribution in [0.2, 0.25) is 0 Å². The van der Waals surface area contributed by atoms with Crippen LogP contribution in [0.25, 0.3) is 0 Å². The Balaban J connectivity index is 1.77. The van der Waals surface area contributed by atoms with Crippen molar-refractivity contribution in [2.24, 2.45) is 5.41 Å². The van der Waals surface area contributed by atoms with Gasteiger partial charge >= 0.3 is 0 Å². The van der Waals surface area contributed by atoms with E-state index in [0.29, 0.717) is 6.61 Å². The number of hydrazine groups is 1. The summed E-state index contributed by atoms with van der Waals surface area (Å²) in [5.74, 6) is 0.967. The molecule has 3 rings (SSSR count). The molecule has 0 bridgehead atoms. The Morgan fingerprint density at radius 3 is 2.42 bits per heavy atom. The number of nitrogens with one attached hydrogen (secondary N) is 2. The van der Waals surface area contributed by atoms with Crippen LogP contribution in [0, 0.1) is 5.41 Å². The maximum Gasteiger partial charge on any atom is 0.123 e. The minimum absolute atomic E-state index is 0.110. The number of hydrogen-bond donors (Lipinski definition) is 2. The molecule has 126 valence electrons. The summed E-state index contributed by atoms with van der Waals surface area (Å²) >= 11 is 0. The summed E-state index contributed by atoms with van der Waals surface area (Å²) in [6.45, 7) is 8.18. The van der Waals surface area contributed by atoms with Gasteiger partial charge < -0.3 is 10.2 Å². The molecule has 1 aliphatic rings. The van der Waals surface area contributed by atoms with Gasteiger partial charge in [0.1, 0.15) is 12.4 Å². The highest BCUT2D eigenvalue weighted by Crippen LogP contribution is 2.31. The van der Waals surface area contributed by atoms with Gasteiger partial charge in [-0.25, -0.2) is 5.43 Å². The largest absolute Gasteiger partial charge is 0.489 e. The van der Waals surface area contributed by atoms with E-state index in [-0.39, 0.29) is 5.41 Å². The van der Waals surface area contributed by atoms with Crippen LogP contribution in [0.5, 0.6) is 5.75 Å². The van der Waals surface area contributed by atoms with Gasteiger partial charge in [0, 0.05) is 24.1 Å². The maximum atomic E-state index is 6.09. The van der Waals surface area contributed by atoms with Crippen molar-refractivity contribution in [3.63, 3.8) is 0 Å². The molecule has 0 amide bonds. The van der Waals surface area contributed by atoms with Gasteiger partial charge in [-0.3, -0.25) is 0 Å².